The third-order valence-corrected chi connectivity index (χ3v) is 3.00. The summed E-state index contributed by atoms with van der Waals surface area (Å²) >= 11 is 0. The molecule has 2 rings (SSSR count). The van der Waals surface area contributed by atoms with Gasteiger partial charge < -0.3 is 4.74 Å². The number of hydrogen-bond acceptors (Lipinski definition) is 4. The smallest absolute Gasteiger partial charge is 0.218 e. The summed E-state index contributed by atoms with van der Waals surface area (Å²) in [6.07, 6.45) is 1.63. The highest BCUT2D eigenvalue weighted by molar-refractivity contribution is 5.38. The number of pyridine rings is 1. The maximum Gasteiger partial charge on any atom is 0.218 e. The van der Waals surface area contributed by atoms with Gasteiger partial charge in [0.15, 0.2) is 0 Å². The molecular formula is C14H16FN3O. The number of halogens is 1. The Labute approximate surface area is 111 Å². The molecule has 0 saturated carbocycles. The third-order valence-electron chi connectivity index (χ3n) is 3.00. The van der Waals surface area contributed by atoms with E-state index in [4.69, 9.17) is 10.6 Å². The topological polar surface area (TPSA) is 60.2 Å². The first-order chi connectivity index (χ1) is 9.17. The predicted octanol–water partition coefficient (Wildman–Crippen LogP) is 2.09. The zero-order valence-electron chi connectivity index (χ0n) is 10.9. The fourth-order valence-corrected chi connectivity index (χ4v) is 1.95. The number of nitrogens with one attached hydrogen (secondary N) is 1. The van der Waals surface area contributed by atoms with Gasteiger partial charge in [-0.15, -0.1) is 0 Å². The van der Waals surface area contributed by atoms with Crippen molar-refractivity contribution in [1.29, 1.82) is 0 Å². The van der Waals surface area contributed by atoms with Crippen LogP contribution in [0.5, 0.6) is 5.88 Å². The number of nitrogens with two attached hydrogens (primary N) is 1. The Kier molecular flexibility index (Phi) is 4.09. The van der Waals surface area contributed by atoms with Crippen molar-refractivity contribution < 1.29 is 9.13 Å². The van der Waals surface area contributed by atoms with Gasteiger partial charge in [0.1, 0.15) is 5.82 Å². The molecule has 0 aliphatic carbocycles. The van der Waals surface area contributed by atoms with Crippen LogP contribution < -0.4 is 16.0 Å². The first-order valence-corrected chi connectivity index (χ1v) is 5.88. The summed E-state index contributed by atoms with van der Waals surface area (Å²) in [5.74, 6) is 5.79. The molecule has 1 unspecified atom stereocenters. The molecule has 0 bridgehead atoms. The van der Waals surface area contributed by atoms with Gasteiger partial charge in [-0.1, -0.05) is 18.2 Å². The Balaban J connectivity index is 2.46. The van der Waals surface area contributed by atoms with Gasteiger partial charge in [0.05, 0.1) is 13.2 Å². The summed E-state index contributed by atoms with van der Waals surface area (Å²) in [7, 11) is 1.54. The molecule has 2 aromatic rings. The largest absolute Gasteiger partial charge is 0.481 e. The number of aromatic nitrogens is 1. The molecule has 1 heterocycles. The quantitative estimate of drug-likeness (QED) is 0.653. The van der Waals surface area contributed by atoms with Crippen molar-refractivity contribution in [3.63, 3.8) is 0 Å². The highest BCUT2D eigenvalue weighted by Gasteiger charge is 2.18. The SMILES string of the molecule is COc1ncccc1C(NN)c1ccc(C)c(F)c1. The van der Waals surface area contributed by atoms with Crippen LogP contribution in [0.25, 0.3) is 0 Å². The first kappa shape index (κ1) is 13.5. The average molecular weight is 261 g/mol. The van der Waals surface area contributed by atoms with E-state index in [1.54, 1.807) is 25.3 Å². The van der Waals surface area contributed by atoms with E-state index < -0.39 is 0 Å². The molecule has 0 spiro atoms. The minimum atomic E-state index is -0.376. The Morgan fingerprint density at radius 3 is 2.79 bits per heavy atom. The van der Waals surface area contributed by atoms with Crippen molar-refractivity contribution in [3.05, 3.63) is 59.0 Å². The normalized spacial score (nSPS) is 12.2. The fraction of sp³-hybridized carbons (Fsp3) is 0.214. The van der Waals surface area contributed by atoms with Crippen LogP contribution in [0, 0.1) is 12.7 Å². The van der Waals surface area contributed by atoms with Gasteiger partial charge in [0.25, 0.3) is 0 Å². The number of benzene rings is 1. The van der Waals surface area contributed by atoms with Crippen LogP contribution in [0.2, 0.25) is 0 Å². The summed E-state index contributed by atoms with van der Waals surface area (Å²) < 4.78 is 18.9. The molecule has 3 N–H and O–H groups in total. The molecule has 19 heavy (non-hydrogen) atoms. The molecule has 0 aliphatic heterocycles. The molecule has 0 radical (unpaired) electrons. The van der Waals surface area contributed by atoms with Gasteiger partial charge in [-0.05, 0) is 30.2 Å². The highest BCUT2D eigenvalue weighted by atomic mass is 19.1. The van der Waals surface area contributed by atoms with E-state index in [-0.39, 0.29) is 11.9 Å². The molecule has 1 aromatic carbocycles. The van der Waals surface area contributed by atoms with Crippen molar-refractivity contribution in [1.82, 2.24) is 10.4 Å². The number of aryl methyl sites for hydroxylation is 1. The van der Waals surface area contributed by atoms with Gasteiger partial charge in [-0.2, -0.15) is 0 Å². The van der Waals surface area contributed by atoms with Crippen LogP contribution in [0.1, 0.15) is 22.7 Å². The number of methoxy groups -OCH3 is 1. The predicted molar refractivity (Wildman–Crippen MR) is 71.1 cm³/mol. The van der Waals surface area contributed by atoms with Crippen LogP contribution >= 0.6 is 0 Å². The molecule has 100 valence electrons. The minimum Gasteiger partial charge on any atom is -0.481 e. The highest BCUT2D eigenvalue weighted by Crippen LogP contribution is 2.28. The van der Waals surface area contributed by atoms with Crippen molar-refractivity contribution >= 4 is 0 Å². The second-order valence-electron chi connectivity index (χ2n) is 4.21. The first-order valence-electron chi connectivity index (χ1n) is 5.88. The summed E-state index contributed by atoms with van der Waals surface area (Å²) in [6.45, 7) is 1.72. The Morgan fingerprint density at radius 1 is 1.37 bits per heavy atom. The summed E-state index contributed by atoms with van der Waals surface area (Å²) in [6, 6.07) is 8.26. The molecule has 0 saturated heterocycles. The van der Waals surface area contributed by atoms with Crippen molar-refractivity contribution in [3.8, 4) is 5.88 Å². The number of hydrazine groups is 1. The van der Waals surface area contributed by atoms with Crippen LogP contribution in [0.4, 0.5) is 4.39 Å². The second kappa shape index (κ2) is 5.77. The van der Waals surface area contributed by atoms with E-state index in [1.807, 2.05) is 12.1 Å². The van der Waals surface area contributed by atoms with Crippen LogP contribution in [0.3, 0.4) is 0 Å². The fourth-order valence-electron chi connectivity index (χ4n) is 1.95. The maximum absolute atomic E-state index is 13.7. The van der Waals surface area contributed by atoms with Gasteiger partial charge in [0.2, 0.25) is 5.88 Å². The average Bonchev–Trinajstić information content (AvgIpc) is 2.44. The molecular weight excluding hydrogens is 245 g/mol. The van der Waals surface area contributed by atoms with Crippen molar-refractivity contribution in [2.45, 2.75) is 13.0 Å². The number of nitrogens with zero attached hydrogens (tertiary/aromatic N) is 1. The van der Waals surface area contributed by atoms with Crippen molar-refractivity contribution in [2.24, 2.45) is 5.84 Å². The van der Waals surface area contributed by atoms with Crippen LogP contribution in [-0.4, -0.2) is 12.1 Å². The van der Waals surface area contributed by atoms with E-state index in [0.29, 0.717) is 11.4 Å². The van der Waals surface area contributed by atoms with Gasteiger partial charge in [-0.3, -0.25) is 5.84 Å². The van der Waals surface area contributed by atoms with Gasteiger partial charge >= 0.3 is 0 Å². The number of rotatable bonds is 4. The Morgan fingerprint density at radius 2 is 2.16 bits per heavy atom. The lowest BCUT2D eigenvalue weighted by Gasteiger charge is -2.19. The molecule has 0 fully saturated rings. The summed E-state index contributed by atoms with van der Waals surface area (Å²) in [5.41, 5.74) is 4.74. The summed E-state index contributed by atoms with van der Waals surface area (Å²) in [5, 5.41) is 0. The van der Waals surface area contributed by atoms with E-state index in [1.165, 1.54) is 13.2 Å². The van der Waals surface area contributed by atoms with E-state index >= 15 is 0 Å². The molecule has 4 nitrogen and oxygen atoms in total. The molecule has 0 amide bonds. The molecule has 1 aromatic heterocycles. The standard InChI is InChI=1S/C14H16FN3O/c1-9-5-6-10(8-12(9)15)13(18-16)11-4-3-7-17-14(11)19-2/h3-8,13,18H,16H2,1-2H3. The zero-order valence-corrected chi connectivity index (χ0v) is 10.9. The lowest BCUT2D eigenvalue weighted by atomic mass is 9.99. The molecule has 5 heteroatoms. The van der Waals surface area contributed by atoms with Crippen molar-refractivity contribution in [2.75, 3.05) is 7.11 Å². The Bertz CT molecular complexity index is 574. The van der Waals surface area contributed by atoms with E-state index in [9.17, 15) is 4.39 Å². The van der Waals surface area contributed by atoms with Crippen LogP contribution in [-0.2, 0) is 0 Å². The second-order valence-corrected chi connectivity index (χ2v) is 4.21. The summed E-state index contributed by atoms with van der Waals surface area (Å²) in [4.78, 5) is 4.12. The third kappa shape index (κ3) is 2.72. The van der Waals surface area contributed by atoms with Crippen LogP contribution in [0.15, 0.2) is 36.5 Å². The molecule has 1 atom stereocenters. The number of ether oxygens (including phenoxy) is 1. The monoisotopic (exact) mass is 261 g/mol. The number of hydrogen-bond donors (Lipinski definition) is 2. The van der Waals surface area contributed by atoms with E-state index in [0.717, 1.165) is 11.1 Å². The lowest BCUT2D eigenvalue weighted by Crippen LogP contribution is -2.29. The van der Waals surface area contributed by atoms with E-state index in [2.05, 4.69) is 10.4 Å². The van der Waals surface area contributed by atoms with Gasteiger partial charge in [-0.25, -0.2) is 14.8 Å². The zero-order chi connectivity index (χ0) is 13.8. The minimum absolute atomic E-state index is 0.263. The lowest BCUT2D eigenvalue weighted by molar-refractivity contribution is 0.387. The molecule has 0 aliphatic rings. The Hall–Kier alpha value is -1.98. The maximum atomic E-state index is 13.7. The van der Waals surface area contributed by atoms with Gasteiger partial charge in [0, 0.05) is 11.8 Å².